The molecule has 1 saturated heterocycles. The van der Waals surface area contributed by atoms with Crippen LogP contribution in [0.15, 0.2) is 0 Å². The Labute approximate surface area is 110 Å². The molecule has 0 radical (unpaired) electrons. The van der Waals surface area contributed by atoms with E-state index in [4.69, 9.17) is 14.2 Å². The van der Waals surface area contributed by atoms with Gasteiger partial charge in [0.1, 0.15) is 0 Å². The van der Waals surface area contributed by atoms with Crippen molar-refractivity contribution in [1.29, 1.82) is 0 Å². The number of rotatable bonds is 11. The second-order valence-electron chi connectivity index (χ2n) is 4.65. The second-order valence-corrected chi connectivity index (χ2v) is 4.65. The highest BCUT2D eigenvalue weighted by Crippen LogP contribution is 2.14. The Morgan fingerprint density at radius 2 is 2.22 bits per heavy atom. The molecule has 1 aliphatic rings. The summed E-state index contributed by atoms with van der Waals surface area (Å²) in [6.07, 6.45) is 1.86. The molecule has 0 aromatic heterocycles. The van der Waals surface area contributed by atoms with E-state index >= 15 is 0 Å². The molecular formula is C13H27NO4. The molecule has 1 fully saturated rings. The van der Waals surface area contributed by atoms with Crippen molar-refractivity contribution in [1.82, 2.24) is 5.32 Å². The van der Waals surface area contributed by atoms with E-state index in [1.807, 2.05) is 6.92 Å². The van der Waals surface area contributed by atoms with Crippen molar-refractivity contribution in [2.24, 2.45) is 5.92 Å². The topological polar surface area (TPSA) is 60.0 Å². The largest absolute Gasteiger partial charge is 0.389 e. The lowest BCUT2D eigenvalue weighted by atomic mass is 10.1. The van der Waals surface area contributed by atoms with Crippen LogP contribution in [0.1, 0.15) is 19.8 Å². The Morgan fingerprint density at radius 3 is 2.94 bits per heavy atom. The molecule has 2 N–H and O–H groups in total. The third-order valence-electron chi connectivity index (χ3n) is 3.02. The van der Waals surface area contributed by atoms with Crippen LogP contribution < -0.4 is 5.32 Å². The van der Waals surface area contributed by atoms with E-state index in [9.17, 15) is 5.11 Å². The number of hydrogen-bond donors (Lipinski definition) is 2. The molecule has 0 saturated carbocycles. The fourth-order valence-corrected chi connectivity index (χ4v) is 1.93. The molecule has 0 aromatic rings. The molecule has 2 unspecified atom stereocenters. The SMILES string of the molecule is CCOCCOCC(O)CNCCC1CCOC1. The van der Waals surface area contributed by atoms with E-state index in [-0.39, 0.29) is 0 Å². The fraction of sp³-hybridized carbons (Fsp3) is 1.00. The zero-order valence-corrected chi connectivity index (χ0v) is 11.4. The van der Waals surface area contributed by atoms with Gasteiger partial charge < -0.3 is 24.6 Å². The van der Waals surface area contributed by atoms with Crippen molar-refractivity contribution in [3.05, 3.63) is 0 Å². The predicted octanol–water partition coefficient (Wildman–Crippen LogP) is 0.417. The number of hydrogen-bond acceptors (Lipinski definition) is 5. The van der Waals surface area contributed by atoms with Crippen LogP contribution in [-0.4, -0.2) is 63.9 Å². The molecule has 0 aliphatic carbocycles. The molecule has 18 heavy (non-hydrogen) atoms. The van der Waals surface area contributed by atoms with Crippen molar-refractivity contribution >= 4 is 0 Å². The normalized spacial score (nSPS) is 21.3. The van der Waals surface area contributed by atoms with E-state index in [0.29, 0.717) is 38.9 Å². The highest BCUT2D eigenvalue weighted by atomic mass is 16.5. The molecule has 5 nitrogen and oxygen atoms in total. The molecule has 0 aromatic carbocycles. The zero-order valence-electron chi connectivity index (χ0n) is 11.4. The molecule has 2 atom stereocenters. The number of nitrogens with one attached hydrogen (secondary N) is 1. The van der Waals surface area contributed by atoms with Crippen LogP contribution in [0.25, 0.3) is 0 Å². The molecule has 1 rings (SSSR count). The lowest BCUT2D eigenvalue weighted by Gasteiger charge is -2.13. The van der Waals surface area contributed by atoms with Crippen LogP contribution in [0.5, 0.6) is 0 Å². The maximum Gasteiger partial charge on any atom is 0.0897 e. The molecule has 0 spiro atoms. The molecule has 5 heteroatoms. The summed E-state index contributed by atoms with van der Waals surface area (Å²) in [4.78, 5) is 0. The zero-order chi connectivity index (χ0) is 13.1. The van der Waals surface area contributed by atoms with Gasteiger partial charge in [-0.05, 0) is 32.2 Å². The van der Waals surface area contributed by atoms with Gasteiger partial charge in [0.25, 0.3) is 0 Å². The lowest BCUT2D eigenvalue weighted by Crippen LogP contribution is -2.32. The van der Waals surface area contributed by atoms with E-state index in [1.165, 1.54) is 6.42 Å². The monoisotopic (exact) mass is 261 g/mol. The van der Waals surface area contributed by atoms with Crippen LogP contribution in [0.4, 0.5) is 0 Å². The van der Waals surface area contributed by atoms with Crippen molar-refractivity contribution in [3.63, 3.8) is 0 Å². The third kappa shape index (κ3) is 8.00. The summed E-state index contributed by atoms with van der Waals surface area (Å²) in [6.45, 7) is 7.49. The summed E-state index contributed by atoms with van der Waals surface area (Å²) < 4.78 is 15.7. The summed E-state index contributed by atoms with van der Waals surface area (Å²) in [5.74, 6) is 0.692. The van der Waals surface area contributed by atoms with Gasteiger partial charge in [0.05, 0.1) is 25.9 Å². The lowest BCUT2D eigenvalue weighted by molar-refractivity contribution is 0.00648. The molecule has 108 valence electrons. The Kier molecular flexibility index (Phi) is 9.42. The predicted molar refractivity (Wildman–Crippen MR) is 69.7 cm³/mol. The molecular weight excluding hydrogens is 234 g/mol. The van der Waals surface area contributed by atoms with Crippen LogP contribution in [0, 0.1) is 5.92 Å². The fourth-order valence-electron chi connectivity index (χ4n) is 1.93. The van der Waals surface area contributed by atoms with Gasteiger partial charge in [-0.2, -0.15) is 0 Å². The first-order chi connectivity index (χ1) is 8.83. The standard InChI is InChI=1S/C13H27NO4/c1-2-16-7-8-18-11-13(15)9-14-5-3-12-4-6-17-10-12/h12-15H,2-11H2,1H3. The van der Waals surface area contributed by atoms with E-state index in [1.54, 1.807) is 0 Å². The average Bonchev–Trinajstić information content (AvgIpc) is 2.87. The Hall–Kier alpha value is -0.200. The Balaban J connectivity index is 1.82. The quantitative estimate of drug-likeness (QED) is 0.528. The second kappa shape index (κ2) is 10.7. The molecule has 0 amide bonds. The molecule has 1 heterocycles. The average molecular weight is 261 g/mol. The molecule has 1 aliphatic heterocycles. The summed E-state index contributed by atoms with van der Waals surface area (Å²) in [5, 5.41) is 12.9. The van der Waals surface area contributed by atoms with Gasteiger partial charge in [-0.1, -0.05) is 0 Å². The van der Waals surface area contributed by atoms with Crippen LogP contribution in [0.3, 0.4) is 0 Å². The Bertz CT molecular complexity index is 186. The van der Waals surface area contributed by atoms with Gasteiger partial charge >= 0.3 is 0 Å². The van der Waals surface area contributed by atoms with Crippen LogP contribution in [0.2, 0.25) is 0 Å². The van der Waals surface area contributed by atoms with E-state index < -0.39 is 6.10 Å². The van der Waals surface area contributed by atoms with Crippen molar-refractivity contribution < 1.29 is 19.3 Å². The minimum absolute atomic E-state index is 0.368. The highest BCUT2D eigenvalue weighted by Gasteiger charge is 2.14. The minimum atomic E-state index is -0.438. The minimum Gasteiger partial charge on any atom is -0.389 e. The van der Waals surface area contributed by atoms with Gasteiger partial charge in [0, 0.05) is 26.4 Å². The summed E-state index contributed by atoms with van der Waals surface area (Å²) in [5.41, 5.74) is 0. The maximum absolute atomic E-state index is 9.64. The van der Waals surface area contributed by atoms with Gasteiger partial charge in [0.15, 0.2) is 0 Å². The smallest absolute Gasteiger partial charge is 0.0897 e. The number of aliphatic hydroxyl groups excluding tert-OH is 1. The summed E-state index contributed by atoms with van der Waals surface area (Å²) >= 11 is 0. The van der Waals surface area contributed by atoms with E-state index in [2.05, 4.69) is 5.32 Å². The first kappa shape index (κ1) is 15.9. The first-order valence-corrected chi connectivity index (χ1v) is 6.95. The summed E-state index contributed by atoms with van der Waals surface area (Å²) in [7, 11) is 0. The van der Waals surface area contributed by atoms with Gasteiger partial charge in [-0.25, -0.2) is 0 Å². The number of ether oxygens (including phenoxy) is 3. The van der Waals surface area contributed by atoms with Crippen molar-refractivity contribution in [2.45, 2.75) is 25.9 Å². The van der Waals surface area contributed by atoms with Crippen LogP contribution >= 0.6 is 0 Å². The van der Waals surface area contributed by atoms with Crippen molar-refractivity contribution in [2.75, 3.05) is 52.7 Å². The maximum atomic E-state index is 9.64. The van der Waals surface area contributed by atoms with E-state index in [0.717, 1.165) is 26.2 Å². The van der Waals surface area contributed by atoms with Crippen molar-refractivity contribution in [3.8, 4) is 0 Å². The van der Waals surface area contributed by atoms with Gasteiger partial charge in [-0.15, -0.1) is 0 Å². The van der Waals surface area contributed by atoms with Crippen LogP contribution in [-0.2, 0) is 14.2 Å². The first-order valence-electron chi connectivity index (χ1n) is 6.95. The third-order valence-corrected chi connectivity index (χ3v) is 3.02. The Morgan fingerprint density at radius 1 is 1.39 bits per heavy atom. The highest BCUT2D eigenvalue weighted by molar-refractivity contribution is 4.66. The van der Waals surface area contributed by atoms with Gasteiger partial charge in [0.2, 0.25) is 0 Å². The number of aliphatic hydroxyl groups is 1. The summed E-state index contributed by atoms with van der Waals surface area (Å²) in [6, 6.07) is 0. The molecule has 0 bridgehead atoms. The van der Waals surface area contributed by atoms with Gasteiger partial charge in [-0.3, -0.25) is 0 Å².